The smallest absolute Gasteiger partial charge is 0.191 e. The van der Waals surface area contributed by atoms with Crippen LogP contribution in [0.15, 0.2) is 22.5 Å². The van der Waals surface area contributed by atoms with E-state index in [4.69, 9.17) is 4.74 Å². The largest absolute Gasteiger partial charge is 0.373 e. The summed E-state index contributed by atoms with van der Waals surface area (Å²) in [5.74, 6) is 1.77. The van der Waals surface area contributed by atoms with E-state index in [9.17, 15) is 0 Å². The molecule has 3 fully saturated rings. The fourth-order valence-electron chi connectivity index (χ4n) is 4.58. The second-order valence-corrected chi connectivity index (χ2v) is 9.04. The molecule has 1 aromatic heterocycles. The molecule has 4 heterocycles. The second kappa shape index (κ2) is 8.28. The fraction of sp³-hybridized carbons (Fsp3) is 0.750. The van der Waals surface area contributed by atoms with E-state index in [1.54, 1.807) is 0 Å². The molecule has 0 saturated carbocycles. The minimum atomic E-state index is 0.371. The van der Waals surface area contributed by atoms with Crippen LogP contribution in [-0.4, -0.2) is 55.8 Å². The molecule has 2 bridgehead atoms. The van der Waals surface area contributed by atoms with Gasteiger partial charge in [-0.05, 0) is 62.6 Å². The predicted molar refractivity (Wildman–Crippen MR) is 108 cm³/mol. The summed E-state index contributed by atoms with van der Waals surface area (Å²) in [6, 6.07) is 5.28. The van der Waals surface area contributed by atoms with E-state index in [0.29, 0.717) is 24.3 Å². The molecule has 0 aliphatic carbocycles. The lowest BCUT2D eigenvalue weighted by Crippen LogP contribution is -2.49. The van der Waals surface area contributed by atoms with Gasteiger partial charge in [0.1, 0.15) is 0 Å². The van der Waals surface area contributed by atoms with E-state index < -0.39 is 0 Å². The highest BCUT2D eigenvalue weighted by atomic mass is 32.1. The van der Waals surface area contributed by atoms with Crippen molar-refractivity contribution in [1.29, 1.82) is 0 Å². The van der Waals surface area contributed by atoms with Crippen molar-refractivity contribution in [3.05, 3.63) is 22.4 Å². The molecule has 3 aliphatic rings. The van der Waals surface area contributed by atoms with Gasteiger partial charge >= 0.3 is 0 Å². The van der Waals surface area contributed by atoms with Gasteiger partial charge in [0.05, 0.1) is 24.3 Å². The van der Waals surface area contributed by atoms with Crippen molar-refractivity contribution in [3.8, 4) is 0 Å². The average Bonchev–Trinajstić information content (AvgIpc) is 3.40. The number of rotatable bonds is 5. The normalized spacial score (nSPS) is 31.3. The zero-order valence-corrected chi connectivity index (χ0v) is 16.8. The second-order valence-electron chi connectivity index (χ2n) is 8.06. The van der Waals surface area contributed by atoms with Crippen molar-refractivity contribution in [2.75, 3.05) is 26.7 Å². The van der Waals surface area contributed by atoms with E-state index >= 15 is 0 Å². The quantitative estimate of drug-likeness (QED) is 0.613. The highest BCUT2D eigenvalue weighted by Gasteiger charge is 2.41. The van der Waals surface area contributed by atoms with Gasteiger partial charge < -0.3 is 15.4 Å². The summed E-state index contributed by atoms with van der Waals surface area (Å²) in [5.41, 5.74) is 0. The standard InChI is InChI=1S/C20H32N4OS/c1-14-7-9-24(10-8-14)17(19-4-3-11-26-19)13-22-20(21-2)23-16-12-15-5-6-18(16)25-15/h3-4,11,14-18H,5-10,12-13H2,1-2H3,(H2,21,22,23). The molecular formula is C20H32N4OS. The predicted octanol–water partition coefficient (Wildman–Crippen LogP) is 3.01. The Bertz CT molecular complexity index is 597. The number of nitrogens with one attached hydrogen (secondary N) is 2. The summed E-state index contributed by atoms with van der Waals surface area (Å²) in [4.78, 5) is 8.56. The molecule has 0 radical (unpaired) electrons. The van der Waals surface area contributed by atoms with Crippen LogP contribution < -0.4 is 10.6 Å². The number of hydrogen-bond acceptors (Lipinski definition) is 4. The first-order valence-corrected chi connectivity index (χ1v) is 11.0. The summed E-state index contributed by atoms with van der Waals surface area (Å²) in [7, 11) is 1.87. The molecule has 3 aliphatic heterocycles. The summed E-state index contributed by atoms with van der Waals surface area (Å²) >= 11 is 1.87. The molecule has 0 amide bonds. The van der Waals surface area contributed by atoms with Gasteiger partial charge in [-0.15, -0.1) is 11.3 Å². The molecule has 4 rings (SSSR count). The Labute approximate surface area is 161 Å². The van der Waals surface area contributed by atoms with Gasteiger partial charge in [-0.2, -0.15) is 0 Å². The van der Waals surface area contributed by atoms with Crippen LogP contribution in [0.25, 0.3) is 0 Å². The van der Waals surface area contributed by atoms with E-state index in [-0.39, 0.29) is 0 Å². The molecule has 0 aromatic carbocycles. The highest BCUT2D eigenvalue weighted by molar-refractivity contribution is 7.10. The van der Waals surface area contributed by atoms with Crippen LogP contribution in [0.5, 0.6) is 0 Å². The van der Waals surface area contributed by atoms with E-state index in [1.807, 2.05) is 18.4 Å². The van der Waals surface area contributed by atoms with Crippen molar-refractivity contribution < 1.29 is 4.74 Å². The zero-order valence-electron chi connectivity index (χ0n) is 16.0. The van der Waals surface area contributed by atoms with Gasteiger partial charge in [-0.1, -0.05) is 13.0 Å². The molecule has 2 N–H and O–H groups in total. The van der Waals surface area contributed by atoms with Crippen LogP contribution in [-0.2, 0) is 4.74 Å². The van der Waals surface area contributed by atoms with Crippen LogP contribution in [0.3, 0.4) is 0 Å². The van der Waals surface area contributed by atoms with Gasteiger partial charge in [0.2, 0.25) is 0 Å². The lowest BCUT2D eigenvalue weighted by atomic mass is 9.96. The molecule has 5 nitrogen and oxygen atoms in total. The summed E-state index contributed by atoms with van der Waals surface area (Å²) in [6.45, 7) is 5.66. The van der Waals surface area contributed by atoms with Crippen LogP contribution in [0.1, 0.15) is 49.9 Å². The summed E-state index contributed by atoms with van der Waals surface area (Å²) in [5, 5.41) is 9.40. The number of piperidine rings is 1. The van der Waals surface area contributed by atoms with E-state index in [0.717, 1.165) is 24.8 Å². The third-order valence-electron chi connectivity index (χ3n) is 6.25. The minimum absolute atomic E-state index is 0.371. The first-order valence-electron chi connectivity index (χ1n) is 10.1. The number of aliphatic imine (C=N–C) groups is 1. The number of likely N-dealkylation sites (tertiary alicyclic amines) is 1. The number of fused-ring (bicyclic) bond motifs is 2. The third kappa shape index (κ3) is 4.07. The van der Waals surface area contributed by atoms with Crippen LogP contribution in [0.2, 0.25) is 0 Å². The molecular weight excluding hydrogens is 344 g/mol. The number of thiophene rings is 1. The van der Waals surface area contributed by atoms with E-state index in [2.05, 4.69) is 45.0 Å². The first-order chi connectivity index (χ1) is 12.7. The lowest BCUT2D eigenvalue weighted by molar-refractivity contribution is 0.0991. The molecule has 26 heavy (non-hydrogen) atoms. The van der Waals surface area contributed by atoms with Crippen molar-refractivity contribution >= 4 is 17.3 Å². The first kappa shape index (κ1) is 18.3. The van der Waals surface area contributed by atoms with Crippen molar-refractivity contribution in [1.82, 2.24) is 15.5 Å². The Hall–Kier alpha value is -1.11. The van der Waals surface area contributed by atoms with Crippen LogP contribution >= 0.6 is 11.3 Å². The molecule has 4 atom stereocenters. The molecule has 4 unspecified atom stereocenters. The molecule has 0 spiro atoms. The molecule has 3 saturated heterocycles. The highest BCUT2D eigenvalue weighted by Crippen LogP contribution is 2.34. The van der Waals surface area contributed by atoms with Gasteiger partial charge in [-0.25, -0.2) is 0 Å². The van der Waals surface area contributed by atoms with Gasteiger partial charge in [-0.3, -0.25) is 9.89 Å². The minimum Gasteiger partial charge on any atom is -0.373 e. The Morgan fingerprint density at radius 1 is 1.35 bits per heavy atom. The Morgan fingerprint density at radius 3 is 2.81 bits per heavy atom. The monoisotopic (exact) mass is 376 g/mol. The van der Waals surface area contributed by atoms with Gasteiger partial charge in [0.15, 0.2) is 5.96 Å². The third-order valence-corrected chi connectivity index (χ3v) is 7.22. The number of hydrogen-bond donors (Lipinski definition) is 2. The SMILES string of the molecule is CN=C(NCC(c1cccs1)N1CCC(C)CC1)NC1CC2CCC1O2. The van der Waals surface area contributed by atoms with Crippen LogP contribution in [0, 0.1) is 5.92 Å². The fourth-order valence-corrected chi connectivity index (χ4v) is 5.44. The van der Waals surface area contributed by atoms with Gasteiger partial charge in [0.25, 0.3) is 0 Å². The molecule has 6 heteroatoms. The maximum Gasteiger partial charge on any atom is 0.191 e. The van der Waals surface area contributed by atoms with Crippen molar-refractivity contribution in [3.63, 3.8) is 0 Å². The summed E-state index contributed by atoms with van der Waals surface area (Å²) in [6.07, 6.45) is 6.96. The lowest BCUT2D eigenvalue weighted by Gasteiger charge is -2.36. The van der Waals surface area contributed by atoms with E-state index in [1.165, 1.54) is 43.6 Å². The Morgan fingerprint density at radius 2 is 2.19 bits per heavy atom. The zero-order chi connectivity index (χ0) is 17.9. The Balaban J connectivity index is 1.36. The summed E-state index contributed by atoms with van der Waals surface area (Å²) < 4.78 is 5.97. The number of ether oxygens (including phenoxy) is 1. The molecule has 1 aromatic rings. The topological polar surface area (TPSA) is 48.9 Å². The number of guanidine groups is 1. The van der Waals surface area contributed by atoms with Crippen molar-refractivity contribution in [2.24, 2.45) is 10.9 Å². The number of nitrogens with zero attached hydrogens (tertiary/aromatic N) is 2. The van der Waals surface area contributed by atoms with Crippen LogP contribution in [0.4, 0.5) is 0 Å². The Kier molecular flexibility index (Phi) is 5.81. The maximum atomic E-state index is 5.97. The maximum absolute atomic E-state index is 5.97. The van der Waals surface area contributed by atoms with Crippen molar-refractivity contribution in [2.45, 2.75) is 63.3 Å². The van der Waals surface area contributed by atoms with Gasteiger partial charge in [0, 0.05) is 18.5 Å². The molecule has 144 valence electrons. The average molecular weight is 377 g/mol.